The first kappa shape index (κ1) is 13.9. The van der Waals surface area contributed by atoms with Crippen molar-refractivity contribution in [3.63, 3.8) is 0 Å². The van der Waals surface area contributed by atoms with Gasteiger partial charge in [-0.1, -0.05) is 12.8 Å². The van der Waals surface area contributed by atoms with Crippen LogP contribution in [-0.4, -0.2) is 47.6 Å². The molecule has 2 unspecified atom stereocenters. The van der Waals surface area contributed by atoms with Crippen LogP contribution in [0.1, 0.15) is 51.9 Å². The molecule has 2 amide bonds. The van der Waals surface area contributed by atoms with E-state index < -0.39 is 6.04 Å². The fraction of sp³-hybridized carbons (Fsp3) is 0.867. The van der Waals surface area contributed by atoms with E-state index in [9.17, 15) is 9.59 Å². The zero-order valence-corrected chi connectivity index (χ0v) is 12.2. The third kappa shape index (κ3) is 2.68. The maximum absolute atomic E-state index is 12.2. The van der Waals surface area contributed by atoms with E-state index in [0.29, 0.717) is 19.5 Å². The van der Waals surface area contributed by atoms with Gasteiger partial charge in [-0.25, -0.2) is 0 Å². The Morgan fingerprint density at radius 1 is 1.30 bits per heavy atom. The molecule has 0 aromatic rings. The lowest BCUT2D eigenvalue weighted by molar-refractivity contribution is -0.135. The van der Waals surface area contributed by atoms with Crippen molar-refractivity contribution in [2.45, 2.75) is 69.6 Å². The summed E-state index contributed by atoms with van der Waals surface area (Å²) in [7, 11) is 0. The van der Waals surface area contributed by atoms with Crippen molar-refractivity contribution < 1.29 is 14.3 Å². The lowest BCUT2D eigenvalue weighted by Crippen LogP contribution is -2.45. The normalized spacial score (nSPS) is 33.5. The predicted molar refractivity (Wildman–Crippen MR) is 74.1 cm³/mol. The monoisotopic (exact) mass is 280 g/mol. The summed E-state index contributed by atoms with van der Waals surface area (Å²) in [6.07, 6.45) is 7.61. The number of carbonyl (C=O) groups is 2. The predicted octanol–water partition coefficient (Wildman–Crippen LogP) is 1.22. The second-order valence-corrected chi connectivity index (χ2v) is 6.49. The Kier molecular flexibility index (Phi) is 3.71. The van der Waals surface area contributed by atoms with E-state index in [4.69, 9.17) is 4.74 Å². The first-order valence-corrected chi connectivity index (χ1v) is 7.84. The van der Waals surface area contributed by atoms with E-state index in [-0.39, 0.29) is 23.5 Å². The molecule has 3 aliphatic rings. The van der Waals surface area contributed by atoms with Crippen molar-refractivity contribution >= 4 is 11.8 Å². The summed E-state index contributed by atoms with van der Waals surface area (Å²) >= 11 is 0. The van der Waals surface area contributed by atoms with E-state index in [2.05, 4.69) is 5.32 Å². The molecule has 1 spiro atoms. The van der Waals surface area contributed by atoms with Gasteiger partial charge >= 0.3 is 0 Å². The number of amides is 2. The van der Waals surface area contributed by atoms with E-state index in [0.717, 1.165) is 12.8 Å². The maximum atomic E-state index is 12.2. The topological polar surface area (TPSA) is 58.6 Å². The molecule has 0 aromatic carbocycles. The van der Waals surface area contributed by atoms with E-state index >= 15 is 0 Å². The Morgan fingerprint density at radius 2 is 2.05 bits per heavy atom. The number of hydrogen-bond donors (Lipinski definition) is 1. The van der Waals surface area contributed by atoms with Crippen molar-refractivity contribution in [3.8, 4) is 0 Å². The van der Waals surface area contributed by atoms with Gasteiger partial charge in [0, 0.05) is 19.5 Å². The number of carbonyl (C=O) groups excluding carboxylic acids is 2. The van der Waals surface area contributed by atoms with Crippen molar-refractivity contribution in [3.05, 3.63) is 0 Å². The molecular weight excluding hydrogens is 256 g/mol. The van der Waals surface area contributed by atoms with Gasteiger partial charge < -0.3 is 15.0 Å². The third-order valence-electron chi connectivity index (χ3n) is 4.95. The molecule has 5 heteroatoms. The largest absolute Gasteiger partial charge is 0.370 e. The van der Waals surface area contributed by atoms with Crippen LogP contribution in [0.3, 0.4) is 0 Å². The molecular formula is C15H24N2O3. The Hall–Kier alpha value is -1.10. The summed E-state index contributed by atoms with van der Waals surface area (Å²) in [5.74, 6) is -0.0141. The Morgan fingerprint density at radius 3 is 2.80 bits per heavy atom. The molecule has 1 aliphatic carbocycles. The average molecular weight is 280 g/mol. The van der Waals surface area contributed by atoms with E-state index in [1.54, 1.807) is 11.8 Å². The van der Waals surface area contributed by atoms with Gasteiger partial charge in [-0.2, -0.15) is 0 Å². The smallest absolute Gasteiger partial charge is 0.244 e. The molecule has 0 aromatic heterocycles. The number of rotatable bonds is 2. The van der Waals surface area contributed by atoms with Crippen LogP contribution in [-0.2, 0) is 14.3 Å². The highest BCUT2D eigenvalue weighted by atomic mass is 16.5. The van der Waals surface area contributed by atoms with Crippen molar-refractivity contribution in [1.82, 2.24) is 10.2 Å². The SMILES string of the molecule is CC1NC(=O)CCN(CC2CCC3(CCCC3)O2)C1=O. The minimum absolute atomic E-state index is 0.0202. The van der Waals surface area contributed by atoms with Gasteiger partial charge in [0.05, 0.1) is 11.7 Å². The highest BCUT2D eigenvalue weighted by Crippen LogP contribution is 2.43. The van der Waals surface area contributed by atoms with Crippen LogP contribution in [0.5, 0.6) is 0 Å². The summed E-state index contributed by atoms with van der Waals surface area (Å²) in [5.41, 5.74) is 0.110. The molecule has 2 aliphatic heterocycles. The van der Waals surface area contributed by atoms with Gasteiger partial charge in [0.2, 0.25) is 11.8 Å². The number of nitrogens with one attached hydrogen (secondary N) is 1. The molecule has 3 rings (SSSR count). The maximum Gasteiger partial charge on any atom is 0.244 e. The molecule has 20 heavy (non-hydrogen) atoms. The first-order valence-electron chi connectivity index (χ1n) is 7.84. The summed E-state index contributed by atoms with van der Waals surface area (Å²) in [6.45, 7) is 2.91. The number of hydrogen-bond acceptors (Lipinski definition) is 3. The Balaban J connectivity index is 1.60. The van der Waals surface area contributed by atoms with Crippen LogP contribution < -0.4 is 5.32 Å². The number of nitrogens with zero attached hydrogens (tertiary/aromatic N) is 1. The minimum Gasteiger partial charge on any atom is -0.370 e. The molecule has 2 atom stereocenters. The van der Waals surface area contributed by atoms with Crippen molar-refractivity contribution in [2.75, 3.05) is 13.1 Å². The molecule has 5 nitrogen and oxygen atoms in total. The zero-order chi connectivity index (χ0) is 14.2. The molecule has 2 saturated heterocycles. The second-order valence-electron chi connectivity index (χ2n) is 6.49. The van der Waals surface area contributed by atoms with Gasteiger partial charge in [0.25, 0.3) is 0 Å². The van der Waals surface area contributed by atoms with Crippen LogP contribution in [0, 0.1) is 0 Å². The van der Waals surface area contributed by atoms with Crippen molar-refractivity contribution in [1.29, 1.82) is 0 Å². The summed E-state index contributed by atoms with van der Waals surface area (Å²) < 4.78 is 6.26. The van der Waals surface area contributed by atoms with Gasteiger partial charge in [-0.05, 0) is 32.6 Å². The van der Waals surface area contributed by atoms with E-state index in [1.807, 2.05) is 0 Å². The molecule has 1 saturated carbocycles. The fourth-order valence-electron chi connectivity index (χ4n) is 3.83. The van der Waals surface area contributed by atoms with Crippen LogP contribution in [0.25, 0.3) is 0 Å². The molecule has 112 valence electrons. The quantitative estimate of drug-likeness (QED) is 0.827. The standard InChI is InChI=1S/C15H24N2O3/c1-11-14(19)17(9-5-13(18)16-11)10-12-4-8-15(20-12)6-2-3-7-15/h11-12H,2-10H2,1H3,(H,16,18). The van der Waals surface area contributed by atoms with Crippen LogP contribution in [0.4, 0.5) is 0 Å². The average Bonchev–Trinajstić information content (AvgIpc) is 3.01. The van der Waals surface area contributed by atoms with Crippen LogP contribution in [0.2, 0.25) is 0 Å². The summed E-state index contributed by atoms with van der Waals surface area (Å²) in [6, 6.07) is -0.410. The van der Waals surface area contributed by atoms with Gasteiger partial charge in [-0.3, -0.25) is 9.59 Å². The Bertz CT molecular complexity index is 404. The third-order valence-corrected chi connectivity index (χ3v) is 4.95. The zero-order valence-electron chi connectivity index (χ0n) is 12.2. The minimum atomic E-state index is -0.410. The van der Waals surface area contributed by atoms with Crippen molar-refractivity contribution in [2.24, 2.45) is 0 Å². The highest BCUT2D eigenvalue weighted by Gasteiger charge is 2.43. The molecule has 0 bridgehead atoms. The molecule has 1 N–H and O–H groups in total. The molecule has 2 heterocycles. The first-order chi connectivity index (χ1) is 9.58. The fourth-order valence-corrected chi connectivity index (χ4v) is 3.83. The number of ether oxygens (including phenoxy) is 1. The molecule has 0 radical (unpaired) electrons. The summed E-state index contributed by atoms with van der Waals surface area (Å²) in [5, 5.41) is 2.72. The highest BCUT2D eigenvalue weighted by molar-refractivity contribution is 5.89. The van der Waals surface area contributed by atoms with Crippen LogP contribution >= 0.6 is 0 Å². The molecule has 3 fully saturated rings. The lowest BCUT2D eigenvalue weighted by Gasteiger charge is -2.28. The van der Waals surface area contributed by atoms with E-state index in [1.165, 1.54) is 25.7 Å². The summed E-state index contributed by atoms with van der Waals surface area (Å²) in [4.78, 5) is 25.6. The lowest BCUT2D eigenvalue weighted by atomic mass is 9.98. The van der Waals surface area contributed by atoms with Gasteiger partial charge in [0.15, 0.2) is 0 Å². The van der Waals surface area contributed by atoms with Crippen LogP contribution in [0.15, 0.2) is 0 Å². The van der Waals surface area contributed by atoms with Gasteiger partial charge in [0.1, 0.15) is 6.04 Å². The Labute approximate surface area is 120 Å². The second kappa shape index (κ2) is 5.35. The van der Waals surface area contributed by atoms with Gasteiger partial charge in [-0.15, -0.1) is 0 Å².